The summed E-state index contributed by atoms with van der Waals surface area (Å²) in [5.74, 6) is -0.759. The number of methoxy groups -OCH3 is 1. The molecule has 32 heavy (non-hydrogen) atoms. The van der Waals surface area contributed by atoms with Gasteiger partial charge in [-0.05, 0) is 17.7 Å². The van der Waals surface area contributed by atoms with E-state index in [0.717, 1.165) is 11.2 Å². The Morgan fingerprint density at radius 1 is 1.31 bits per heavy atom. The highest BCUT2D eigenvalue weighted by Crippen LogP contribution is 2.27. The molecule has 0 radical (unpaired) electrons. The number of ether oxygens (including phenoxy) is 3. The highest BCUT2D eigenvalue weighted by molar-refractivity contribution is 7.86. The lowest BCUT2D eigenvalue weighted by atomic mass is 10.1. The van der Waals surface area contributed by atoms with E-state index in [-0.39, 0.29) is 31.9 Å². The van der Waals surface area contributed by atoms with E-state index in [0.29, 0.717) is 5.56 Å². The lowest BCUT2D eigenvalue weighted by Gasteiger charge is -2.28. The highest BCUT2D eigenvalue weighted by atomic mass is 32.2. The fraction of sp³-hybridized carbons (Fsp3) is 0.474. The van der Waals surface area contributed by atoms with Gasteiger partial charge in [0, 0.05) is 25.7 Å². The number of hydrogen-bond donors (Lipinski definition) is 0. The number of nitro benzene ring substituents is 1. The first kappa shape index (κ1) is 25.2. The van der Waals surface area contributed by atoms with Gasteiger partial charge in [-0.3, -0.25) is 19.2 Å². The molecule has 0 saturated carbocycles. The van der Waals surface area contributed by atoms with Gasteiger partial charge >= 0.3 is 12.1 Å². The number of rotatable bonds is 10. The molecular formula is C19H24N2O10S. The molecule has 1 heterocycles. The van der Waals surface area contributed by atoms with Crippen LogP contribution >= 0.6 is 0 Å². The average molecular weight is 472 g/mol. The molecule has 1 unspecified atom stereocenters. The summed E-state index contributed by atoms with van der Waals surface area (Å²) in [6, 6.07) is 4.51. The minimum Gasteiger partial charge on any atom is -0.459 e. The largest absolute Gasteiger partial charge is 0.459 e. The molecule has 1 fully saturated rings. The minimum absolute atomic E-state index is 0.0125. The van der Waals surface area contributed by atoms with Crippen molar-refractivity contribution in [2.45, 2.75) is 31.3 Å². The third kappa shape index (κ3) is 7.00. The maximum absolute atomic E-state index is 12.7. The summed E-state index contributed by atoms with van der Waals surface area (Å²) in [7, 11) is -2.56. The van der Waals surface area contributed by atoms with Gasteiger partial charge < -0.3 is 14.2 Å². The van der Waals surface area contributed by atoms with E-state index >= 15 is 0 Å². The van der Waals surface area contributed by atoms with E-state index < -0.39 is 45.4 Å². The van der Waals surface area contributed by atoms with E-state index in [9.17, 15) is 28.1 Å². The van der Waals surface area contributed by atoms with Crippen molar-refractivity contribution in [3.63, 3.8) is 0 Å². The van der Waals surface area contributed by atoms with Crippen LogP contribution in [0.3, 0.4) is 0 Å². The van der Waals surface area contributed by atoms with Gasteiger partial charge in [-0.2, -0.15) is 8.42 Å². The summed E-state index contributed by atoms with van der Waals surface area (Å²) in [5.41, 5.74) is 0.388. The smallest absolute Gasteiger partial charge is 0.410 e. The quantitative estimate of drug-likeness (QED) is 0.161. The van der Waals surface area contributed by atoms with Crippen LogP contribution in [0.25, 0.3) is 0 Å². The Labute approximate surface area is 185 Å². The Hall–Kier alpha value is -3.03. The second-order valence-electron chi connectivity index (χ2n) is 6.93. The van der Waals surface area contributed by atoms with E-state index in [1.54, 1.807) is 0 Å². The van der Waals surface area contributed by atoms with Gasteiger partial charge in [-0.1, -0.05) is 12.7 Å². The van der Waals surface area contributed by atoms with Crippen molar-refractivity contribution < 1.29 is 41.3 Å². The van der Waals surface area contributed by atoms with Crippen molar-refractivity contribution in [2.24, 2.45) is 0 Å². The van der Waals surface area contributed by atoms with E-state index in [2.05, 4.69) is 6.58 Å². The Morgan fingerprint density at radius 2 is 1.97 bits per heavy atom. The molecule has 1 aliphatic rings. The number of benzene rings is 1. The summed E-state index contributed by atoms with van der Waals surface area (Å²) in [5, 5.41) is 10.7. The third-order valence-electron chi connectivity index (χ3n) is 4.54. The van der Waals surface area contributed by atoms with Crippen molar-refractivity contribution in [3.8, 4) is 0 Å². The summed E-state index contributed by atoms with van der Waals surface area (Å²) >= 11 is 0. The van der Waals surface area contributed by atoms with Gasteiger partial charge in [0.1, 0.15) is 13.2 Å². The SMILES string of the molecule is C=CCOC(=O)C(OC)[C@@H]1C[C@@H](OS(C)(=O)=O)CN1C(=O)OCc1ccc([N+](=O)[O-])cc1. The fourth-order valence-corrected chi connectivity index (χ4v) is 3.85. The number of non-ortho nitro benzene ring substituents is 1. The Balaban J connectivity index is 2.14. The summed E-state index contributed by atoms with van der Waals surface area (Å²) in [6.45, 7) is 3.02. The Morgan fingerprint density at radius 3 is 2.50 bits per heavy atom. The second-order valence-corrected chi connectivity index (χ2v) is 8.53. The molecule has 176 valence electrons. The third-order valence-corrected chi connectivity index (χ3v) is 5.16. The number of esters is 1. The van der Waals surface area contributed by atoms with Gasteiger partial charge in [-0.25, -0.2) is 9.59 Å². The van der Waals surface area contributed by atoms with Crippen LogP contribution in [0.15, 0.2) is 36.9 Å². The number of nitrogens with zero attached hydrogens (tertiary/aromatic N) is 2. The van der Waals surface area contributed by atoms with Crippen LogP contribution < -0.4 is 0 Å². The van der Waals surface area contributed by atoms with E-state index in [4.69, 9.17) is 18.4 Å². The first-order valence-corrected chi connectivity index (χ1v) is 11.2. The molecule has 3 atom stereocenters. The number of carbonyl (C=O) groups excluding carboxylic acids is 2. The maximum Gasteiger partial charge on any atom is 0.410 e. The molecule has 1 aliphatic heterocycles. The first-order chi connectivity index (χ1) is 15.1. The molecule has 0 aliphatic carbocycles. The predicted octanol–water partition coefficient (Wildman–Crippen LogP) is 1.39. The van der Waals surface area contributed by atoms with Crippen LogP contribution in [0.1, 0.15) is 12.0 Å². The van der Waals surface area contributed by atoms with Gasteiger partial charge in [0.25, 0.3) is 15.8 Å². The molecule has 1 aromatic rings. The molecule has 0 N–H and O–H groups in total. The number of amides is 1. The number of nitro groups is 1. The molecule has 2 rings (SSSR count). The standard InChI is InChI=1S/C19H24N2O10S/c1-4-9-29-18(22)17(28-2)16-10-15(31-32(3,26)27)11-20(16)19(23)30-12-13-5-7-14(8-6-13)21(24)25/h4-8,15-17H,1,9-12H2,2-3H3/t15-,16+,17?/m1/s1. The fourth-order valence-electron chi connectivity index (χ4n) is 3.22. The molecule has 12 nitrogen and oxygen atoms in total. The predicted molar refractivity (Wildman–Crippen MR) is 110 cm³/mol. The Bertz CT molecular complexity index is 947. The van der Waals surface area contributed by atoms with Crippen molar-refractivity contribution in [2.75, 3.05) is 26.5 Å². The van der Waals surface area contributed by atoms with Crippen molar-refractivity contribution >= 4 is 27.9 Å². The summed E-state index contributed by atoms with van der Waals surface area (Å²) in [4.78, 5) is 36.4. The minimum atomic E-state index is -3.82. The molecule has 0 aromatic heterocycles. The normalized spacial score (nSPS) is 19.2. The van der Waals surface area contributed by atoms with Crippen molar-refractivity contribution in [1.29, 1.82) is 0 Å². The molecule has 0 spiro atoms. The highest BCUT2D eigenvalue weighted by Gasteiger charge is 2.45. The number of likely N-dealkylation sites (tertiary alicyclic amines) is 1. The lowest BCUT2D eigenvalue weighted by Crippen LogP contribution is -2.47. The summed E-state index contributed by atoms with van der Waals surface area (Å²) < 4.78 is 43.6. The summed E-state index contributed by atoms with van der Waals surface area (Å²) in [6.07, 6.45) is -0.732. The topological polar surface area (TPSA) is 152 Å². The molecule has 1 aromatic carbocycles. The number of carbonyl (C=O) groups is 2. The van der Waals surface area contributed by atoms with E-state index in [1.165, 1.54) is 37.5 Å². The maximum atomic E-state index is 12.7. The van der Waals surface area contributed by atoms with Gasteiger partial charge in [-0.15, -0.1) is 0 Å². The molecule has 1 amide bonds. The average Bonchev–Trinajstić information content (AvgIpc) is 3.12. The molecule has 13 heteroatoms. The van der Waals surface area contributed by atoms with Gasteiger partial charge in [0.2, 0.25) is 0 Å². The zero-order valence-electron chi connectivity index (χ0n) is 17.5. The first-order valence-electron chi connectivity index (χ1n) is 9.41. The zero-order valence-corrected chi connectivity index (χ0v) is 18.4. The Kier molecular flexibility index (Phi) is 8.69. The zero-order chi connectivity index (χ0) is 23.9. The van der Waals surface area contributed by atoms with Gasteiger partial charge in [0.05, 0.1) is 29.9 Å². The van der Waals surface area contributed by atoms with Crippen LogP contribution in [-0.4, -0.2) is 75.1 Å². The molecule has 1 saturated heterocycles. The number of hydrogen-bond acceptors (Lipinski definition) is 10. The monoisotopic (exact) mass is 472 g/mol. The van der Waals surface area contributed by atoms with Crippen molar-refractivity contribution in [1.82, 2.24) is 4.90 Å². The molecule has 0 bridgehead atoms. The van der Waals surface area contributed by atoms with Crippen LogP contribution in [0.5, 0.6) is 0 Å². The van der Waals surface area contributed by atoms with Crippen molar-refractivity contribution in [3.05, 3.63) is 52.6 Å². The van der Waals surface area contributed by atoms with E-state index in [1.807, 2.05) is 0 Å². The van der Waals surface area contributed by atoms with Gasteiger partial charge in [0.15, 0.2) is 6.10 Å². The van der Waals surface area contributed by atoms with Crippen LogP contribution in [0.4, 0.5) is 10.5 Å². The van der Waals surface area contributed by atoms with Crippen LogP contribution in [0.2, 0.25) is 0 Å². The molecular weight excluding hydrogens is 448 g/mol. The lowest BCUT2D eigenvalue weighted by molar-refractivity contribution is -0.384. The van der Waals surface area contributed by atoms with Crippen LogP contribution in [-0.2, 0) is 39.9 Å². The second kappa shape index (κ2) is 11.0. The van der Waals surface area contributed by atoms with Crippen LogP contribution in [0, 0.1) is 10.1 Å².